The minimum Gasteiger partial charge on any atom is -0.335 e. The van der Waals surface area contributed by atoms with Gasteiger partial charge < -0.3 is 10.3 Å². The quantitative estimate of drug-likeness (QED) is 0.789. The van der Waals surface area contributed by atoms with Crippen LogP contribution in [-0.2, 0) is 13.0 Å². The van der Waals surface area contributed by atoms with Crippen molar-refractivity contribution in [3.05, 3.63) is 18.2 Å². The predicted molar refractivity (Wildman–Crippen MR) is 56.9 cm³/mol. The van der Waals surface area contributed by atoms with Gasteiger partial charge in [0, 0.05) is 31.4 Å². The third-order valence-electron chi connectivity index (χ3n) is 3.19. The van der Waals surface area contributed by atoms with E-state index in [2.05, 4.69) is 22.7 Å². The van der Waals surface area contributed by atoms with Crippen molar-refractivity contribution in [1.29, 1.82) is 0 Å². The van der Waals surface area contributed by atoms with Crippen LogP contribution in [0.3, 0.4) is 0 Å². The molecule has 1 saturated carbocycles. The second-order valence-electron chi connectivity index (χ2n) is 4.24. The predicted octanol–water partition coefficient (Wildman–Crippen LogP) is 1.57. The second-order valence-corrected chi connectivity index (χ2v) is 4.24. The largest absolute Gasteiger partial charge is 0.335 e. The molecule has 0 aliphatic heterocycles. The van der Waals surface area contributed by atoms with Crippen LogP contribution in [0, 0.1) is 5.92 Å². The van der Waals surface area contributed by atoms with E-state index in [0.717, 1.165) is 13.0 Å². The number of nitrogens with two attached hydrogens (primary N) is 1. The zero-order valence-corrected chi connectivity index (χ0v) is 8.82. The first kappa shape index (κ1) is 9.71. The molecular formula is C11H19N3. The van der Waals surface area contributed by atoms with Crippen LogP contribution in [0.4, 0.5) is 0 Å². The van der Waals surface area contributed by atoms with Crippen molar-refractivity contribution in [2.45, 2.75) is 45.2 Å². The number of rotatable bonds is 4. The van der Waals surface area contributed by atoms with E-state index in [1.165, 1.54) is 25.1 Å². The van der Waals surface area contributed by atoms with Gasteiger partial charge in [0.1, 0.15) is 5.82 Å². The average Bonchev–Trinajstić information content (AvgIpc) is 2.60. The summed E-state index contributed by atoms with van der Waals surface area (Å²) in [6.07, 6.45) is 8.67. The molecule has 78 valence electrons. The maximum Gasteiger partial charge on any atom is 0.108 e. The molecule has 2 atom stereocenters. The molecule has 0 amide bonds. The first-order valence-electron chi connectivity index (χ1n) is 5.57. The molecule has 1 aromatic rings. The van der Waals surface area contributed by atoms with Crippen molar-refractivity contribution in [3.63, 3.8) is 0 Å². The molecule has 2 rings (SSSR count). The minimum absolute atomic E-state index is 0.418. The number of hydrogen-bond donors (Lipinski definition) is 1. The summed E-state index contributed by atoms with van der Waals surface area (Å²) in [5.74, 6) is 1.89. The molecule has 2 N–H and O–H groups in total. The molecule has 0 saturated heterocycles. The molecule has 3 nitrogen and oxygen atoms in total. The van der Waals surface area contributed by atoms with Crippen LogP contribution < -0.4 is 5.73 Å². The van der Waals surface area contributed by atoms with Crippen molar-refractivity contribution in [2.75, 3.05) is 0 Å². The fourth-order valence-electron chi connectivity index (χ4n) is 2.06. The van der Waals surface area contributed by atoms with Gasteiger partial charge in [0.25, 0.3) is 0 Å². The summed E-state index contributed by atoms with van der Waals surface area (Å²) in [7, 11) is 0. The Labute approximate surface area is 85.3 Å². The van der Waals surface area contributed by atoms with Gasteiger partial charge in [-0.15, -0.1) is 0 Å². The molecule has 1 aliphatic carbocycles. The van der Waals surface area contributed by atoms with Gasteiger partial charge in [-0.2, -0.15) is 0 Å². The molecule has 3 heteroatoms. The van der Waals surface area contributed by atoms with Gasteiger partial charge >= 0.3 is 0 Å². The molecule has 1 aliphatic rings. The Morgan fingerprint density at radius 2 is 2.43 bits per heavy atom. The summed E-state index contributed by atoms with van der Waals surface area (Å²) < 4.78 is 2.26. The monoisotopic (exact) mass is 193 g/mol. The number of aryl methyl sites for hydroxylation is 1. The highest BCUT2D eigenvalue weighted by Crippen LogP contribution is 2.28. The van der Waals surface area contributed by atoms with Gasteiger partial charge in [0.15, 0.2) is 0 Å². The van der Waals surface area contributed by atoms with Gasteiger partial charge in [-0.1, -0.05) is 6.92 Å². The highest BCUT2D eigenvalue weighted by molar-refractivity contribution is 4.98. The first-order valence-corrected chi connectivity index (χ1v) is 5.57. The molecular weight excluding hydrogens is 174 g/mol. The molecule has 1 heterocycles. The zero-order chi connectivity index (χ0) is 9.97. The van der Waals surface area contributed by atoms with E-state index in [1.807, 2.05) is 6.20 Å². The summed E-state index contributed by atoms with van der Waals surface area (Å²) >= 11 is 0. The molecule has 2 unspecified atom stereocenters. The number of imidazole rings is 1. The van der Waals surface area contributed by atoms with Crippen LogP contribution in [-0.4, -0.2) is 15.6 Å². The fraction of sp³-hybridized carbons (Fsp3) is 0.727. The lowest BCUT2D eigenvalue weighted by Gasteiger charge is -2.33. The summed E-state index contributed by atoms with van der Waals surface area (Å²) in [4.78, 5) is 4.40. The van der Waals surface area contributed by atoms with Crippen LogP contribution in [0.1, 0.15) is 32.0 Å². The average molecular weight is 193 g/mol. The van der Waals surface area contributed by atoms with Crippen molar-refractivity contribution >= 4 is 0 Å². The molecule has 1 aromatic heterocycles. The Bertz CT molecular complexity index is 292. The van der Waals surface area contributed by atoms with Gasteiger partial charge in [0.2, 0.25) is 0 Å². The van der Waals surface area contributed by atoms with E-state index in [0.29, 0.717) is 12.0 Å². The van der Waals surface area contributed by atoms with Gasteiger partial charge in [0.05, 0.1) is 0 Å². The molecule has 0 bridgehead atoms. The third-order valence-corrected chi connectivity index (χ3v) is 3.19. The van der Waals surface area contributed by atoms with Crippen LogP contribution >= 0.6 is 0 Å². The van der Waals surface area contributed by atoms with E-state index in [1.54, 1.807) is 0 Å². The first-order chi connectivity index (χ1) is 6.81. The van der Waals surface area contributed by atoms with Gasteiger partial charge in [-0.3, -0.25) is 0 Å². The topological polar surface area (TPSA) is 43.8 Å². The Morgan fingerprint density at radius 1 is 1.57 bits per heavy atom. The molecule has 0 aromatic carbocycles. The highest BCUT2D eigenvalue weighted by Gasteiger charge is 2.28. The van der Waals surface area contributed by atoms with E-state index >= 15 is 0 Å². The van der Waals surface area contributed by atoms with Crippen molar-refractivity contribution in [2.24, 2.45) is 11.7 Å². The normalized spacial score (nSPS) is 26.1. The standard InChI is InChI=1S/C11H19N3/c1-2-6-14-7-5-13-11(14)8-9-3-4-10(9)12/h5,7,9-10H,2-4,6,8,12H2,1H3. The maximum absolute atomic E-state index is 5.93. The minimum atomic E-state index is 0.418. The Morgan fingerprint density at radius 3 is 3.00 bits per heavy atom. The highest BCUT2D eigenvalue weighted by atomic mass is 15.1. The molecule has 0 radical (unpaired) electrons. The smallest absolute Gasteiger partial charge is 0.108 e. The van der Waals surface area contributed by atoms with Crippen LogP contribution in [0.15, 0.2) is 12.4 Å². The Kier molecular flexibility index (Phi) is 2.87. The zero-order valence-electron chi connectivity index (χ0n) is 8.82. The number of aromatic nitrogens is 2. The lowest BCUT2D eigenvalue weighted by Crippen LogP contribution is -2.40. The molecule has 14 heavy (non-hydrogen) atoms. The summed E-state index contributed by atoms with van der Waals surface area (Å²) in [6, 6.07) is 0.418. The lowest BCUT2D eigenvalue weighted by atomic mass is 9.78. The van der Waals surface area contributed by atoms with Crippen molar-refractivity contribution < 1.29 is 0 Å². The third kappa shape index (κ3) is 1.82. The van der Waals surface area contributed by atoms with E-state index in [-0.39, 0.29) is 0 Å². The molecule has 1 fully saturated rings. The number of hydrogen-bond acceptors (Lipinski definition) is 2. The lowest BCUT2D eigenvalue weighted by molar-refractivity contribution is 0.249. The summed E-state index contributed by atoms with van der Waals surface area (Å²) in [5.41, 5.74) is 5.93. The van der Waals surface area contributed by atoms with E-state index < -0.39 is 0 Å². The van der Waals surface area contributed by atoms with Crippen LogP contribution in [0.2, 0.25) is 0 Å². The Hall–Kier alpha value is -0.830. The maximum atomic E-state index is 5.93. The van der Waals surface area contributed by atoms with Gasteiger partial charge in [-0.25, -0.2) is 4.98 Å². The Balaban J connectivity index is 1.97. The van der Waals surface area contributed by atoms with E-state index in [9.17, 15) is 0 Å². The SMILES string of the molecule is CCCn1ccnc1CC1CCC1N. The van der Waals surface area contributed by atoms with Crippen LogP contribution in [0.25, 0.3) is 0 Å². The van der Waals surface area contributed by atoms with Crippen molar-refractivity contribution in [3.8, 4) is 0 Å². The number of nitrogens with zero attached hydrogens (tertiary/aromatic N) is 2. The summed E-state index contributed by atoms with van der Waals surface area (Å²) in [5, 5.41) is 0. The van der Waals surface area contributed by atoms with Crippen LogP contribution in [0.5, 0.6) is 0 Å². The fourth-order valence-corrected chi connectivity index (χ4v) is 2.06. The van der Waals surface area contributed by atoms with Gasteiger partial charge in [-0.05, 0) is 25.2 Å². The summed E-state index contributed by atoms with van der Waals surface area (Å²) in [6.45, 7) is 3.27. The van der Waals surface area contributed by atoms with E-state index in [4.69, 9.17) is 5.73 Å². The second kappa shape index (κ2) is 4.13. The molecule has 0 spiro atoms. The van der Waals surface area contributed by atoms with Crippen molar-refractivity contribution in [1.82, 2.24) is 9.55 Å².